The van der Waals surface area contributed by atoms with Gasteiger partial charge in [-0.15, -0.1) is 24.0 Å². The van der Waals surface area contributed by atoms with Crippen LogP contribution in [-0.4, -0.2) is 48.8 Å². The fraction of sp³-hybridized carbons (Fsp3) is 0.556. The van der Waals surface area contributed by atoms with E-state index < -0.39 is 0 Å². The van der Waals surface area contributed by atoms with Gasteiger partial charge in [-0.1, -0.05) is 23.2 Å². The van der Waals surface area contributed by atoms with Crippen LogP contribution in [0.1, 0.15) is 43.0 Å². The van der Waals surface area contributed by atoms with Crippen molar-refractivity contribution in [1.82, 2.24) is 16.0 Å². The molecule has 152 valence electrons. The van der Waals surface area contributed by atoms with Crippen molar-refractivity contribution >= 4 is 59.0 Å². The van der Waals surface area contributed by atoms with E-state index in [1.165, 1.54) is 0 Å². The van der Waals surface area contributed by atoms with Crippen molar-refractivity contribution in [1.29, 1.82) is 0 Å². The lowest BCUT2D eigenvalue weighted by Crippen LogP contribution is -2.45. The molecular formula is C18H27Cl2IN4O2. The Morgan fingerprint density at radius 3 is 2.52 bits per heavy atom. The molecule has 1 amide bonds. The first-order chi connectivity index (χ1) is 12.5. The summed E-state index contributed by atoms with van der Waals surface area (Å²) in [6, 6.07) is 5.11. The summed E-state index contributed by atoms with van der Waals surface area (Å²) in [5, 5.41) is 19.8. The van der Waals surface area contributed by atoms with E-state index in [1.54, 1.807) is 18.2 Å². The molecule has 0 unspecified atom stereocenters. The second kappa shape index (κ2) is 12.6. The molecule has 0 bridgehead atoms. The predicted molar refractivity (Wildman–Crippen MR) is 122 cm³/mol. The van der Waals surface area contributed by atoms with E-state index in [0.29, 0.717) is 34.7 Å². The van der Waals surface area contributed by atoms with Crippen LogP contribution in [0.4, 0.5) is 0 Å². The number of rotatable bonds is 6. The third kappa shape index (κ3) is 8.41. The molecule has 0 radical (unpaired) electrons. The zero-order chi connectivity index (χ0) is 18.9. The Morgan fingerprint density at radius 2 is 1.89 bits per heavy atom. The molecule has 6 nitrogen and oxygen atoms in total. The van der Waals surface area contributed by atoms with Crippen LogP contribution in [0.2, 0.25) is 10.0 Å². The highest BCUT2D eigenvalue weighted by Crippen LogP contribution is 2.22. The first-order valence-corrected chi connectivity index (χ1v) is 9.71. The van der Waals surface area contributed by atoms with Crippen LogP contribution in [0.25, 0.3) is 0 Å². The Bertz CT molecular complexity index is 638. The quantitative estimate of drug-likeness (QED) is 0.198. The van der Waals surface area contributed by atoms with E-state index in [4.69, 9.17) is 23.2 Å². The summed E-state index contributed by atoms with van der Waals surface area (Å²) in [6.07, 6.45) is 3.32. The van der Waals surface area contributed by atoms with Crippen LogP contribution < -0.4 is 16.0 Å². The Labute approximate surface area is 187 Å². The summed E-state index contributed by atoms with van der Waals surface area (Å²) in [5.41, 5.74) is 0.467. The number of hydrogen-bond acceptors (Lipinski definition) is 3. The maximum Gasteiger partial charge on any atom is 0.251 e. The molecular weight excluding hydrogens is 502 g/mol. The number of carbonyl (C=O) groups is 1. The van der Waals surface area contributed by atoms with Crippen LogP contribution in [0.3, 0.4) is 0 Å². The number of amides is 1. The molecule has 0 aliphatic heterocycles. The number of nitrogens with zero attached hydrogens (tertiary/aromatic N) is 1. The van der Waals surface area contributed by atoms with Crippen molar-refractivity contribution in [2.45, 2.75) is 44.8 Å². The maximum absolute atomic E-state index is 12.1. The molecule has 0 saturated heterocycles. The molecule has 1 aliphatic rings. The van der Waals surface area contributed by atoms with Crippen molar-refractivity contribution in [2.24, 2.45) is 4.99 Å². The van der Waals surface area contributed by atoms with Gasteiger partial charge in [-0.05, 0) is 50.8 Å². The van der Waals surface area contributed by atoms with Crippen molar-refractivity contribution in [3.05, 3.63) is 33.8 Å². The van der Waals surface area contributed by atoms with Gasteiger partial charge in [0.05, 0.1) is 22.7 Å². The van der Waals surface area contributed by atoms with Crippen LogP contribution in [-0.2, 0) is 0 Å². The van der Waals surface area contributed by atoms with Crippen LogP contribution in [0.5, 0.6) is 0 Å². The molecule has 1 aromatic rings. The minimum Gasteiger partial charge on any atom is -0.393 e. The van der Waals surface area contributed by atoms with Crippen molar-refractivity contribution < 1.29 is 9.90 Å². The standard InChI is InChI=1S/C18H26Cl2N4O2.HI/c1-2-21-18(24-13-4-6-14(25)7-5-13)23-10-9-22-17(26)12-3-8-15(19)16(20)11-12;/h3,8,11,13-14,25H,2,4-7,9-10H2,1H3,(H,22,26)(H2,21,23,24);1H. The van der Waals surface area contributed by atoms with Gasteiger partial charge in [-0.3, -0.25) is 9.79 Å². The lowest BCUT2D eigenvalue weighted by atomic mass is 9.93. The molecule has 0 aromatic heterocycles. The average Bonchev–Trinajstić information content (AvgIpc) is 2.62. The Hall–Kier alpha value is -0.770. The second-order valence-corrected chi connectivity index (χ2v) is 7.11. The van der Waals surface area contributed by atoms with Gasteiger partial charge in [0.25, 0.3) is 5.91 Å². The molecule has 1 saturated carbocycles. The molecule has 2 rings (SSSR count). The highest BCUT2D eigenvalue weighted by atomic mass is 127. The number of benzene rings is 1. The number of aliphatic imine (C=N–C) groups is 1. The van der Waals surface area contributed by atoms with Gasteiger partial charge in [0, 0.05) is 24.7 Å². The summed E-state index contributed by atoms with van der Waals surface area (Å²) < 4.78 is 0. The van der Waals surface area contributed by atoms with Crippen molar-refractivity contribution in [2.75, 3.05) is 19.6 Å². The van der Waals surface area contributed by atoms with Crippen LogP contribution in [0, 0.1) is 0 Å². The van der Waals surface area contributed by atoms with Gasteiger partial charge in [0.2, 0.25) is 0 Å². The highest BCUT2D eigenvalue weighted by Gasteiger charge is 2.19. The van der Waals surface area contributed by atoms with E-state index in [1.807, 2.05) is 6.92 Å². The number of nitrogens with one attached hydrogen (secondary N) is 3. The van der Waals surface area contributed by atoms with E-state index in [2.05, 4.69) is 20.9 Å². The van der Waals surface area contributed by atoms with Gasteiger partial charge in [0.1, 0.15) is 0 Å². The topological polar surface area (TPSA) is 85.8 Å². The number of guanidine groups is 1. The molecule has 27 heavy (non-hydrogen) atoms. The second-order valence-electron chi connectivity index (χ2n) is 6.30. The van der Waals surface area contributed by atoms with Gasteiger partial charge in [-0.25, -0.2) is 0 Å². The molecule has 1 aliphatic carbocycles. The van der Waals surface area contributed by atoms with Crippen molar-refractivity contribution in [3.63, 3.8) is 0 Å². The normalized spacial score (nSPS) is 19.8. The van der Waals surface area contributed by atoms with E-state index >= 15 is 0 Å². The van der Waals surface area contributed by atoms with Gasteiger partial charge < -0.3 is 21.1 Å². The predicted octanol–water partition coefficient (Wildman–Crippen LogP) is 3.20. The number of hydrogen-bond donors (Lipinski definition) is 4. The maximum atomic E-state index is 12.1. The molecule has 0 heterocycles. The minimum atomic E-state index is -0.210. The SMILES string of the molecule is CCNC(=NCCNC(=O)c1ccc(Cl)c(Cl)c1)NC1CCC(O)CC1.I. The molecule has 9 heteroatoms. The zero-order valence-electron chi connectivity index (χ0n) is 15.3. The smallest absolute Gasteiger partial charge is 0.251 e. The molecule has 1 fully saturated rings. The van der Waals surface area contributed by atoms with Crippen molar-refractivity contribution in [3.8, 4) is 0 Å². The average molecular weight is 529 g/mol. The molecule has 0 spiro atoms. The Morgan fingerprint density at radius 1 is 1.19 bits per heavy atom. The van der Waals surface area contributed by atoms with Gasteiger partial charge >= 0.3 is 0 Å². The lowest BCUT2D eigenvalue weighted by molar-refractivity contribution is 0.0955. The molecule has 1 aromatic carbocycles. The summed E-state index contributed by atoms with van der Waals surface area (Å²) >= 11 is 11.8. The number of aliphatic hydroxyl groups is 1. The summed E-state index contributed by atoms with van der Waals surface area (Å²) in [7, 11) is 0. The Kier molecular flexibility index (Phi) is 11.4. The fourth-order valence-electron chi connectivity index (χ4n) is 2.81. The summed E-state index contributed by atoms with van der Waals surface area (Å²) in [6.45, 7) is 3.64. The third-order valence-corrected chi connectivity index (χ3v) is 4.97. The molecule has 4 N–H and O–H groups in total. The number of halogens is 3. The number of aliphatic hydroxyl groups excluding tert-OH is 1. The fourth-order valence-corrected chi connectivity index (χ4v) is 3.11. The van der Waals surface area contributed by atoms with Crippen LogP contribution >= 0.6 is 47.2 Å². The Balaban J connectivity index is 0.00000364. The monoisotopic (exact) mass is 528 g/mol. The summed E-state index contributed by atoms with van der Waals surface area (Å²) in [4.78, 5) is 16.6. The first-order valence-electron chi connectivity index (χ1n) is 8.95. The largest absolute Gasteiger partial charge is 0.393 e. The zero-order valence-corrected chi connectivity index (χ0v) is 19.1. The van der Waals surface area contributed by atoms with Gasteiger partial charge in [-0.2, -0.15) is 0 Å². The highest BCUT2D eigenvalue weighted by molar-refractivity contribution is 14.0. The minimum absolute atomic E-state index is 0. The van der Waals surface area contributed by atoms with Gasteiger partial charge in [0.15, 0.2) is 5.96 Å². The van der Waals surface area contributed by atoms with E-state index in [0.717, 1.165) is 38.2 Å². The van der Waals surface area contributed by atoms with E-state index in [-0.39, 0.29) is 36.0 Å². The first kappa shape index (κ1) is 24.3. The third-order valence-electron chi connectivity index (χ3n) is 4.23. The molecule has 0 atom stereocenters. The number of carbonyl (C=O) groups excluding carboxylic acids is 1. The summed E-state index contributed by atoms with van der Waals surface area (Å²) in [5.74, 6) is 0.524. The van der Waals surface area contributed by atoms with E-state index in [9.17, 15) is 9.90 Å². The van der Waals surface area contributed by atoms with Crippen LogP contribution in [0.15, 0.2) is 23.2 Å². The lowest BCUT2D eigenvalue weighted by Gasteiger charge is -2.27.